The topological polar surface area (TPSA) is 61.4 Å². The standard InChI is InChI=1S/C13H15F3N2O2.ClH/c14-9-6-8(10(15)12(19)11(9)16)13(20)18-5-3-7-2-1-4-17-7;/h6-7,17,19H,1-5H2,(H,18,20);1H/t7-;/m1./s1. The van der Waals surface area contributed by atoms with Gasteiger partial charge in [0.25, 0.3) is 5.91 Å². The average Bonchev–Trinajstić information content (AvgIpc) is 2.93. The zero-order chi connectivity index (χ0) is 14.7. The van der Waals surface area contributed by atoms with E-state index < -0.39 is 34.7 Å². The summed E-state index contributed by atoms with van der Waals surface area (Å²) < 4.78 is 39.4. The van der Waals surface area contributed by atoms with Crippen LogP contribution < -0.4 is 10.6 Å². The van der Waals surface area contributed by atoms with Gasteiger partial charge in [0.1, 0.15) is 0 Å². The second-order valence-corrected chi connectivity index (χ2v) is 4.72. The lowest BCUT2D eigenvalue weighted by molar-refractivity contribution is 0.0946. The number of hydrogen-bond acceptors (Lipinski definition) is 3. The van der Waals surface area contributed by atoms with E-state index in [2.05, 4.69) is 10.6 Å². The summed E-state index contributed by atoms with van der Waals surface area (Å²) >= 11 is 0. The molecule has 1 aromatic carbocycles. The lowest BCUT2D eigenvalue weighted by Crippen LogP contribution is -2.31. The van der Waals surface area contributed by atoms with Crippen LogP contribution in [0.25, 0.3) is 0 Å². The predicted molar refractivity (Wildman–Crippen MR) is 73.2 cm³/mol. The highest BCUT2D eigenvalue weighted by molar-refractivity contribution is 5.94. The molecule has 1 aromatic rings. The second kappa shape index (κ2) is 7.51. The van der Waals surface area contributed by atoms with Crippen LogP contribution in [0.5, 0.6) is 5.75 Å². The number of carbonyl (C=O) groups excluding carboxylic acids is 1. The minimum atomic E-state index is -1.70. The number of carbonyl (C=O) groups is 1. The van der Waals surface area contributed by atoms with Crippen LogP contribution in [0.3, 0.4) is 0 Å². The van der Waals surface area contributed by atoms with Crippen molar-refractivity contribution in [2.24, 2.45) is 0 Å². The summed E-state index contributed by atoms with van der Waals surface area (Å²) in [5.74, 6) is -6.98. The average molecular weight is 325 g/mol. The highest BCUT2D eigenvalue weighted by Crippen LogP contribution is 2.25. The first-order valence-corrected chi connectivity index (χ1v) is 6.38. The molecule has 0 aromatic heterocycles. The zero-order valence-corrected chi connectivity index (χ0v) is 11.9. The summed E-state index contributed by atoms with van der Waals surface area (Å²) in [6.45, 7) is 1.22. The van der Waals surface area contributed by atoms with Crippen molar-refractivity contribution in [3.05, 3.63) is 29.1 Å². The maximum atomic E-state index is 13.5. The van der Waals surface area contributed by atoms with Gasteiger partial charge in [-0.05, 0) is 31.9 Å². The Morgan fingerprint density at radius 3 is 2.71 bits per heavy atom. The molecule has 1 atom stereocenters. The Hall–Kier alpha value is -1.47. The van der Waals surface area contributed by atoms with Gasteiger partial charge in [-0.3, -0.25) is 4.79 Å². The van der Waals surface area contributed by atoms with Crippen LogP contribution in [0.1, 0.15) is 29.6 Å². The van der Waals surface area contributed by atoms with Gasteiger partial charge < -0.3 is 15.7 Å². The van der Waals surface area contributed by atoms with E-state index in [0.717, 1.165) is 19.4 Å². The normalized spacial score (nSPS) is 17.4. The molecule has 0 saturated carbocycles. The number of hydrogen-bond donors (Lipinski definition) is 3. The van der Waals surface area contributed by atoms with Crippen molar-refractivity contribution >= 4 is 18.3 Å². The van der Waals surface area contributed by atoms with Gasteiger partial charge in [-0.2, -0.15) is 4.39 Å². The van der Waals surface area contributed by atoms with Crippen molar-refractivity contribution in [1.29, 1.82) is 0 Å². The van der Waals surface area contributed by atoms with E-state index in [1.807, 2.05) is 0 Å². The Bertz CT molecular complexity index is 523. The van der Waals surface area contributed by atoms with Crippen molar-refractivity contribution in [2.45, 2.75) is 25.3 Å². The lowest BCUT2D eigenvalue weighted by atomic mass is 10.1. The van der Waals surface area contributed by atoms with E-state index in [9.17, 15) is 18.0 Å². The van der Waals surface area contributed by atoms with Crippen molar-refractivity contribution in [3.8, 4) is 5.75 Å². The molecule has 0 spiro atoms. The van der Waals surface area contributed by atoms with Crippen molar-refractivity contribution < 1.29 is 23.1 Å². The highest BCUT2D eigenvalue weighted by atomic mass is 35.5. The van der Waals surface area contributed by atoms with Crippen LogP contribution in [-0.4, -0.2) is 30.1 Å². The summed E-state index contributed by atoms with van der Waals surface area (Å²) in [6.07, 6.45) is 2.75. The second-order valence-electron chi connectivity index (χ2n) is 4.72. The van der Waals surface area contributed by atoms with Crippen LogP contribution in [0.15, 0.2) is 6.07 Å². The lowest BCUT2D eigenvalue weighted by Gasteiger charge is -2.11. The molecule has 1 aliphatic heterocycles. The van der Waals surface area contributed by atoms with Crippen LogP contribution in [0, 0.1) is 17.5 Å². The monoisotopic (exact) mass is 324 g/mol. The number of aromatic hydroxyl groups is 1. The van der Waals surface area contributed by atoms with E-state index >= 15 is 0 Å². The molecule has 8 heteroatoms. The largest absolute Gasteiger partial charge is 0.503 e. The first-order chi connectivity index (χ1) is 9.50. The van der Waals surface area contributed by atoms with Crippen LogP contribution in [0.2, 0.25) is 0 Å². The van der Waals surface area contributed by atoms with Gasteiger partial charge >= 0.3 is 0 Å². The van der Waals surface area contributed by atoms with E-state index in [4.69, 9.17) is 5.11 Å². The van der Waals surface area contributed by atoms with Gasteiger partial charge in [0.05, 0.1) is 5.56 Å². The smallest absolute Gasteiger partial charge is 0.254 e. The fraction of sp³-hybridized carbons (Fsp3) is 0.462. The van der Waals surface area contributed by atoms with Crippen LogP contribution in [-0.2, 0) is 0 Å². The Morgan fingerprint density at radius 2 is 2.10 bits per heavy atom. The third-order valence-corrected chi connectivity index (χ3v) is 3.32. The highest BCUT2D eigenvalue weighted by Gasteiger charge is 2.22. The molecule has 0 aliphatic carbocycles. The quantitative estimate of drug-likeness (QED) is 0.743. The molecule has 1 amide bonds. The van der Waals surface area contributed by atoms with Gasteiger partial charge in [-0.15, -0.1) is 12.4 Å². The van der Waals surface area contributed by atoms with Gasteiger partial charge in [0, 0.05) is 12.6 Å². The fourth-order valence-corrected chi connectivity index (χ4v) is 2.21. The third kappa shape index (κ3) is 4.01. The molecule has 0 unspecified atom stereocenters. The number of amides is 1. The van der Waals surface area contributed by atoms with E-state index in [1.165, 1.54) is 0 Å². The van der Waals surface area contributed by atoms with E-state index in [1.54, 1.807) is 0 Å². The molecule has 2 rings (SSSR count). The summed E-state index contributed by atoms with van der Waals surface area (Å²) in [6, 6.07) is 0.742. The molecule has 1 heterocycles. The number of phenols is 1. The van der Waals surface area contributed by atoms with E-state index in [-0.39, 0.29) is 19.0 Å². The Balaban J connectivity index is 0.00000220. The summed E-state index contributed by atoms with van der Waals surface area (Å²) in [5, 5.41) is 14.7. The molecule has 1 fully saturated rings. The fourth-order valence-electron chi connectivity index (χ4n) is 2.21. The molecule has 0 radical (unpaired) electrons. The van der Waals surface area contributed by atoms with Crippen LogP contribution in [0.4, 0.5) is 13.2 Å². The van der Waals surface area contributed by atoms with Gasteiger partial charge in [0.2, 0.25) is 5.82 Å². The predicted octanol–water partition coefficient (Wildman–Crippen LogP) is 2.10. The molecule has 3 N–H and O–H groups in total. The molecule has 4 nitrogen and oxygen atoms in total. The maximum absolute atomic E-state index is 13.5. The first kappa shape index (κ1) is 17.6. The number of rotatable bonds is 4. The van der Waals surface area contributed by atoms with E-state index in [0.29, 0.717) is 18.5 Å². The van der Waals surface area contributed by atoms with Gasteiger partial charge in [-0.25, -0.2) is 8.78 Å². The van der Waals surface area contributed by atoms with Gasteiger partial charge in [0.15, 0.2) is 17.4 Å². The number of phenolic OH excluding ortho intramolecular Hbond substituents is 1. The molecular weight excluding hydrogens is 309 g/mol. The number of benzene rings is 1. The zero-order valence-electron chi connectivity index (χ0n) is 11.1. The summed E-state index contributed by atoms with van der Waals surface area (Å²) in [7, 11) is 0. The van der Waals surface area contributed by atoms with Crippen LogP contribution >= 0.6 is 12.4 Å². The van der Waals surface area contributed by atoms with Crippen molar-refractivity contribution in [2.75, 3.05) is 13.1 Å². The Labute approximate surface area is 126 Å². The number of halogens is 4. The first-order valence-electron chi connectivity index (χ1n) is 6.38. The van der Waals surface area contributed by atoms with Crippen molar-refractivity contribution in [3.63, 3.8) is 0 Å². The molecule has 118 valence electrons. The molecule has 1 aliphatic rings. The minimum absolute atomic E-state index is 0. The Morgan fingerprint density at radius 1 is 1.38 bits per heavy atom. The minimum Gasteiger partial charge on any atom is -0.503 e. The molecule has 1 saturated heterocycles. The summed E-state index contributed by atoms with van der Waals surface area (Å²) in [4.78, 5) is 11.7. The molecule has 21 heavy (non-hydrogen) atoms. The number of nitrogens with one attached hydrogen (secondary N) is 2. The SMILES string of the molecule is Cl.O=C(NCC[C@H]1CCCN1)c1cc(F)c(F)c(O)c1F. The molecule has 0 bridgehead atoms. The molecular formula is C13H16ClF3N2O2. The van der Waals surface area contributed by atoms with Gasteiger partial charge in [-0.1, -0.05) is 0 Å². The Kier molecular flexibility index (Phi) is 6.29. The maximum Gasteiger partial charge on any atom is 0.254 e. The third-order valence-electron chi connectivity index (χ3n) is 3.32. The summed E-state index contributed by atoms with van der Waals surface area (Å²) in [5.41, 5.74) is -0.708. The van der Waals surface area contributed by atoms with Crippen molar-refractivity contribution in [1.82, 2.24) is 10.6 Å².